The Bertz CT molecular complexity index is 3140. The Morgan fingerprint density at radius 2 is 1.10 bits per heavy atom. The van der Waals surface area contributed by atoms with Gasteiger partial charge in [0.25, 0.3) is 0 Å². The molecule has 0 fully saturated rings. The zero-order chi connectivity index (χ0) is 34.2. The predicted molar refractivity (Wildman–Crippen MR) is 219 cm³/mol. The Hall–Kier alpha value is -6.69. The van der Waals surface area contributed by atoms with Crippen LogP contribution in [0.5, 0.6) is 0 Å². The van der Waals surface area contributed by atoms with Crippen LogP contribution in [-0.4, -0.2) is 9.55 Å². The lowest BCUT2D eigenvalue weighted by Crippen LogP contribution is -2.10. The summed E-state index contributed by atoms with van der Waals surface area (Å²) in [4.78, 5) is 7.27. The van der Waals surface area contributed by atoms with Gasteiger partial charge in [0.1, 0.15) is 5.52 Å². The van der Waals surface area contributed by atoms with Crippen LogP contribution in [0.15, 0.2) is 180 Å². The molecule has 0 saturated heterocycles. The Morgan fingerprint density at radius 3 is 1.94 bits per heavy atom. The number of benzene rings is 8. The molecule has 0 radical (unpaired) electrons. The molecule has 0 spiro atoms. The highest BCUT2D eigenvalue weighted by molar-refractivity contribution is 7.25. The molecular weight excluding hydrogens is 655 g/mol. The average molecular weight is 684 g/mol. The first-order valence-corrected chi connectivity index (χ1v) is 18.3. The van der Waals surface area contributed by atoms with E-state index in [9.17, 15) is 0 Å². The number of thiophene rings is 1. The van der Waals surface area contributed by atoms with E-state index in [4.69, 9.17) is 9.40 Å². The molecule has 0 aliphatic carbocycles. The van der Waals surface area contributed by atoms with Gasteiger partial charge >= 0.3 is 0 Å². The summed E-state index contributed by atoms with van der Waals surface area (Å²) in [5, 5.41) is 7.09. The summed E-state index contributed by atoms with van der Waals surface area (Å²) in [7, 11) is 0. The van der Waals surface area contributed by atoms with Crippen molar-refractivity contribution in [1.82, 2.24) is 9.55 Å². The van der Waals surface area contributed by atoms with Crippen LogP contribution >= 0.6 is 11.3 Å². The molecule has 0 saturated carbocycles. The number of fused-ring (bicyclic) bond motifs is 9. The van der Waals surface area contributed by atoms with Crippen molar-refractivity contribution in [2.45, 2.75) is 0 Å². The van der Waals surface area contributed by atoms with Gasteiger partial charge in [-0.2, -0.15) is 0 Å². The fraction of sp³-hybridized carbons (Fsp3) is 0. The van der Waals surface area contributed by atoms with Crippen LogP contribution in [0.25, 0.3) is 81.0 Å². The van der Waals surface area contributed by atoms with E-state index in [0.29, 0.717) is 5.89 Å². The van der Waals surface area contributed by atoms with Crippen molar-refractivity contribution in [1.29, 1.82) is 0 Å². The minimum atomic E-state index is 0.625. The van der Waals surface area contributed by atoms with E-state index in [2.05, 4.69) is 155 Å². The fourth-order valence-electron chi connectivity index (χ4n) is 7.79. The van der Waals surface area contributed by atoms with Gasteiger partial charge in [-0.1, -0.05) is 84.9 Å². The van der Waals surface area contributed by atoms with Gasteiger partial charge in [0.2, 0.25) is 5.89 Å². The quantitative estimate of drug-likeness (QED) is 0.181. The summed E-state index contributed by atoms with van der Waals surface area (Å²) >= 11 is 1.84. The van der Waals surface area contributed by atoms with Crippen molar-refractivity contribution in [2.24, 2.45) is 0 Å². The van der Waals surface area contributed by atoms with Gasteiger partial charge in [0, 0.05) is 64.6 Å². The third kappa shape index (κ3) is 4.50. The van der Waals surface area contributed by atoms with Crippen LogP contribution in [0, 0.1) is 0 Å². The van der Waals surface area contributed by atoms with Crippen molar-refractivity contribution in [3.63, 3.8) is 0 Å². The molecular formula is C47H29N3OS. The van der Waals surface area contributed by atoms with E-state index in [1.54, 1.807) is 0 Å². The number of rotatable bonds is 5. The second-order valence-electron chi connectivity index (χ2n) is 13.2. The summed E-state index contributed by atoms with van der Waals surface area (Å²) < 4.78 is 11.5. The molecule has 4 nitrogen and oxygen atoms in total. The highest BCUT2D eigenvalue weighted by Crippen LogP contribution is 2.44. The second kappa shape index (κ2) is 11.4. The largest absolute Gasteiger partial charge is 0.435 e. The third-order valence-electron chi connectivity index (χ3n) is 10.2. The predicted octanol–water partition coefficient (Wildman–Crippen LogP) is 13.6. The summed E-state index contributed by atoms with van der Waals surface area (Å²) in [5.41, 5.74) is 9.32. The van der Waals surface area contributed by atoms with Crippen LogP contribution in [0.4, 0.5) is 17.1 Å². The smallest absolute Gasteiger partial charge is 0.227 e. The minimum absolute atomic E-state index is 0.625. The first kappa shape index (κ1) is 29.1. The highest BCUT2D eigenvalue weighted by atomic mass is 32.1. The van der Waals surface area contributed by atoms with Gasteiger partial charge in [-0.05, 0) is 96.4 Å². The third-order valence-corrected chi connectivity index (χ3v) is 11.3. The van der Waals surface area contributed by atoms with Crippen molar-refractivity contribution in [3.8, 4) is 17.1 Å². The maximum absolute atomic E-state index is 6.53. The zero-order valence-electron chi connectivity index (χ0n) is 27.9. The molecule has 0 unspecified atom stereocenters. The molecule has 52 heavy (non-hydrogen) atoms. The molecule has 5 heteroatoms. The van der Waals surface area contributed by atoms with E-state index in [0.717, 1.165) is 50.2 Å². The van der Waals surface area contributed by atoms with Gasteiger partial charge < -0.3 is 13.9 Å². The molecule has 244 valence electrons. The van der Waals surface area contributed by atoms with Crippen LogP contribution in [0.2, 0.25) is 0 Å². The molecule has 0 amide bonds. The maximum atomic E-state index is 6.53. The molecule has 0 N–H and O–H groups in total. The van der Waals surface area contributed by atoms with Crippen LogP contribution in [-0.2, 0) is 0 Å². The maximum Gasteiger partial charge on any atom is 0.227 e. The van der Waals surface area contributed by atoms with E-state index in [1.807, 2.05) is 41.7 Å². The van der Waals surface area contributed by atoms with Crippen LogP contribution < -0.4 is 4.90 Å². The summed E-state index contributed by atoms with van der Waals surface area (Å²) in [6.07, 6.45) is 0. The minimum Gasteiger partial charge on any atom is -0.435 e. The van der Waals surface area contributed by atoms with E-state index in [1.165, 1.54) is 42.0 Å². The van der Waals surface area contributed by atoms with Crippen LogP contribution in [0.1, 0.15) is 0 Å². The van der Waals surface area contributed by atoms with E-state index >= 15 is 0 Å². The number of nitrogens with zero attached hydrogens (tertiary/aromatic N) is 3. The molecule has 3 aromatic heterocycles. The van der Waals surface area contributed by atoms with E-state index in [-0.39, 0.29) is 0 Å². The molecule has 0 aliphatic heterocycles. The standard InChI is InChI=1S/C47H29N3OS/c1-3-11-31(12-4-1)47-48-41-24-20-30-19-21-33(27-38(30)46(41)51-47)49(35-23-26-45-40(29-35)37-16-8-10-18-44(37)52-45)34-22-25-43-39(28-34)36-15-7-9-17-42(36)50(43)32-13-5-2-6-14-32/h1-29H. The van der Waals surface area contributed by atoms with Crippen molar-refractivity contribution >= 4 is 92.2 Å². The van der Waals surface area contributed by atoms with Gasteiger partial charge in [-0.3, -0.25) is 0 Å². The molecule has 8 aromatic carbocycles. The van der Waals surface area contributed by atoms with E-state index < -0.39 is 0 Å². The summed E-state index contributed by atoms with van der Waals surface area (Å²) in [5.74, 6) is 0.625. The molecule has 3 heterocycles. The first-order chi connectivity index (χ1) is 25.8. The first-order valence-electron chi connectivity index (χ1n) is 17.5. The fourth-order valence-corrected chi connectivity index (χ4v) is 8.88. The van der Waals surface area contributed by atoms with Gasteiger partial charge in [0.05, 0.1) is 11.0 Å². The lowest BCUT2D eigenvalue weighted by Gasteiger charge is -2.26. The molecule has 11 rings (SSSR count). The zero-order valence-corrected chi connectivity index (χ0v) is 28.7. The van der Waals surface area contributed by atoms with Crippen molar-refractivity contribution in [3.05, 3.63) is 176 Å². The Kier molecular flexibility index (Phi) is 6.39. The van der Waals surface area contributed by atoms with Gasteiger partial charge in [-0.25, -0.2) is 4.98 Å². The summed E-state index contributed by atoms with van der Waals surface area (Å²) in [6, 6.07) is 62.7. The number of para-hydroxylation sites is 2. The highest BCUT2D eigenvalue weighted by Gasteiger charge is 2.20. The Balaban J connectivity index is 1.16. The number of aromatic nitrogens is 2. The van der Waals surface area contributed by atoms with Crippen molar-refractivity contribution in [2.75, 3.05) is 4.90 Å². The molecule has 0 aliphatic rings. The molecule has 0 bridgehead atoms. The number of hydrogen-bond acceptors (Lipinski definition) is 4. The monoisotopic (exact) mass is 683 g/mol. The van der Waals surface area contributed by atoms with Crippen molar-refractivity contribution < 1.29 is 4.42 Å². The Labute approximate surface area is 303 Å². The summed E-state index contributed by atoms with van der Waals surface area (Å²) in [6.45, 7) is 0. The number of oxazole rings is 1. The molecule has 0 atom stereocenters. The lowest BCUT2D eigenvalue weighted by atomic mass is 10.1. The number of hydrogen-bond donors (Lipinski definition) is 0. The van der Waals surface area contributed by atoms with Gasteiger partial charge in [0.15, 0.2) is 5.58 Å². The SMILES string of the molecule is c1ccc(-c2nc3ccc4ccc(N(c5ccc6sc7ccccc7c6c5)c5ccc6c(c5)c5ccccc5n6-c5ccccc5)cc4c3o2)cc1. The number of anilines is 3. The normalized spacial score (nSPS) is 11.8. The van der Waals surface area contributed by atoms with Crippen LogP contribution in [0.3, 0.4) is 0 Å². The topological polar surface area (TPSA) is 34.2 Å². The average Bonchev–Trinajstić information content (AvgIpc) is 3.91. The Morgan fingerprint density at radius 1 is 0.481 bits per heavy atom. The van der Waals surface area contributed by atoms with Gasteiger partial charge in [-0.15, -0.1) is 11.3 Å². The lowest BCUT2D eigenvalue weighted by molar-refractivity contribution is 0.623. The molecule has 11 aromatic rings. The second-order valence-corrected chi connectivity index (χ2v) is 14.3.